The number of nitrogens with one attached hydrogen (secondary N) is 1. The van der Waals surface area contributed by atoms with Crippen molar-refractivity contribution in [3.05, 3.63) is 35.4 Å². The van der Waals surface area contributed by atoms with Crippen LogP contribution in [-0.4, -0.2) is 22.8 Å². The molecule has 1 aromatic carbocycles. The minimum absolute atomic E-state index is 0.0575. The summed E-state index contributed by atoms with van der Waals surface area (Å²) in [6, 6.07) is 9.22. The Morgan fingerprint density at radius 1 is 1.29 bits per heavy atom. The number of carbonyl (C=O) groups excluding carboxylic acids is 1. The van der Waals surface area contributed by atoms with E-state index in [2.05, 4.69) is 11.4 Å². The van der Waals surface area contributed by atoms with Crippen LogP contribution in [-0.2, 0) is 10.3 Å². The van der Waals surface area contributed by atoms with Crippen LogP contribution in [0.1, 0.15) is 57.6 Å². The van der Waals surface area contributed by atoms with E-state index in [1.807, 2.05) is 32.9 Å². The normalized spacial score (nSPS) is 31.5. The molecule has 2 fully saturated rings. The second kappa shape index (κ2) is 5.49. The van der Waals surface area contributed by atoms with E-state index in [-0.39, 0.29) is 23.2 Å². The fraction of sp³-hybridized carbons (Fsp3) is 0.579. The number of hydrogen-bond acceptors (Lipinski definition) is 4. The number of amides is 1. The summed E-state index contributed by atoms with van der Waals surface area (Å²) in [6.45, 7) is 5.75. The Hall–Kier alpha value is -2.06. The summed E-state index contributed by atoms with van der Waals surface area (Å²) in [6.07, 6.45) is 2.56. The molecule has 0 heterocycles. The SMILES string of the molecule is CC(C)(C)NC(=O)OC1CC2(C1)CC(O)(c1ccc(C#N)cc1)C2. The molecule has 1 amide bonds. The average Bonchev–Trinajstić information content (AvgIpc) is 2.41. The van der Waals surface area contributed by atoms with Crippen molar-refractivity contribution in [2.24, 2.45) is 5.41 Å². The zero-order valence-corrected chi connectivity index (χ0v) is 14.4. The molecule has 2 aliphatic carbocycles. The fourth-order valence-electron chi connectivity index (χ4n) is 4.01. The Kier molecular flexibility index (Phi) is 3.84. The highest BCUT2D eigenvalue weighted by Crippen LogP contribution is 2.64. The van der Waals surface area contributed by atoms with Crippen molar-refractivity contribution < 1.29 is 14.6 Å². The van der Waals surface area contributed by atoms with E-state index >= 15 is 0 Å². The van der Waals surface area contributed by atoms with Gasteiger partial charge in [-0.05, 0) is 69.6 Å². The molecule has 1 aromatic rings. The van der Waals surface area contributed by atoms with Crippen molar-refractivity contribution in [2.75, 3.05) is 0 Å². The van der Waals surface area contributed by atoms with Gasteiger partial charge < -0.3 is 15.2 Å². The molecule has 24 heavy (non-hydrogen) atoms. The fourth-order valence-corrected chi connectivity index (χ4v) is 4.01. The standard InChI is InChI=1S/C19H24N2O3/c1-17(2,3)21-16(22)24-15-8-18(9-15)11-19(23,12-18)14-6-4-13(10-20)5-7-14/h4-7,15,23H,8-9,11-12H2,1-3H3,(H,21,22). The number of benzene rings is 1. The van der Waals surface area contributed by atoms with Gasteiger partial charge in [0, 0.05) is 5.54 Å². The average molecular weight is 328 g/mol. The topological polar surface area (TPSA) is 82.3 Å². The molecular weight excluding hydrogens is 304 g/mol. The first-order valence-electron chi connectivity index (χ1n) is 8.35. The lowest BCUT2D eigenvalue weighted by atomic mass is 9.47. The lowest BCUT2D eigenvalue weighted by Gasteiger charge is -2.60. The maximum atomic E-state index is 11.8. The monoisotopic (exact) mass is 328 g/mol. The number of nitrogens with zero attached hydrogens (tertiary/aromatic N) is 1. The quantitative estimate of drug-likeness (QED) is 0.873. The minimum Gasteiger partial charge on any atom is -0.446 e. The molecule has 1 spiro atoms. The molecule has 0 aromatic heterocycles. The summed E-state index contributed by atoms with van der Waals surface area (Å²) in [4.78, 5) is 11.8. The highest BCUT2D eigenvalue weighted by molar-refractivity contribution is 5.68. The van der Waals surface area contributed by atoms with E-state index in [9.17, 15) is 9.90 Å². The summed E-state index contributed by atoms with van der Waals surface area (Å²) in [5, 5.41) is 22.4. The smallest absolute Gasteiger partial charge is 0.407 e. The van der Waals surface area contributed by atoms with E-state index in [1.165, 1.54) is 0 Å². The van der Waals surface area contributed by atoms with Crippen LogP contribution in [0.25, 0.3) is 0 Å². The predicted molar refractivity (Wildman–Crippen MR) is 89.1 cm³/mol. The third-order valence-electron chi connectivity index (χ3n) is 4.96. The summed E-state index contributed by atoms with van der Waals surface area (Å²) in [5.74, 6) is 0. The highest BCUT2D eigenvalue weighted by Gasteiger charge is 2.61. The second-order valence-corrected chi connectivity index (χ2v) is 8.38. The molecule has 5 nitrogen and oxygen atoms in total. The van der Waals surface area contributed by atoms with Gasteiger partial charge >= 0.3 is 6.09 Å². The Morgan fingerprint density at radius 2 is 1.88 bits per heavy atom. The third kappa shape index (κ3) is 3.25. The molecule has 3 rings (SSSR count). The molecule has 2 N–H and O–H groups in total. The molecule has 2 aliphatic rings. The second-order valence-electron chi connectivity index (χ2n) is 8.38. The Balaban J connectivity index is 1.50. The summed E-state index contributed by atoms with van der Waals surface area (Å²) < 4.78 is 5.43. The van der Waals surface area contributed by atoms with Crippen LogP contribution in [0.5, 0.6) is 0 Å². The van der Waals surface area contributed by atoms with E-state index in [1.54, 1.807) is 12.1 Å². The molecule has 0 radical (unpaired) electrons. The molecule has 5 heteroatoms. The van der Waals surface area contributed by atoms with Crippen LogP contribution in [0.3, 0.4) is 0 Å². The van der Waals surface area contributed by atoms with Crippen molar-refractivity contribution in [2.45, 2.75) is 63.7 Å². The zero-order chi connectivity index (χ0) is 17.6. The van der Waals surface area contributed by atoms with Crippen molar-refractivity contribution in [3.63, 3.8) is 0 Å². The Labute approximate surface area is 142 Å². The van der Waals surface area contributed by atoms with Gasteiger partial charge in [-0.15, -0.1) is 0 Å². The molecule has 0 atom stereocenters. The van der Waals surface area contributed by atoms with Crippen molar-refractivity contribution in [1.82, 2.24) is 5.32 Å². The van der Waals surface area contributed by atoms with Gasteiger partial charge in [0.2, 0.25) is 0 Å². The number of rotatable bonds is 2. The van der Waals surface area contributed by atoms with Gasteiger partial charge in [0.25, 0.3) is 0 Å². The first-order chi connectivity index (χ1) is 11.1. The van der Waals surface area contributed by atoms with E-state index in [4.69, 9.17) is 10.00 Å². The van der Waals surface area contributed by atoms with E-state index in [0.717, 1.165) is 18.4 Å². The number of alkyl carbamates (subject to hydrolysis) is 1. The van der Waals surface area contributed by atoms with Crippen molar-refractivity contribution in [3.8, 4) is 6.07 Å². The summed E-state index contributed by atoms with van der Waals surface area (Å²) in [5.41, 5.74) is 0.438. The highest BCUT2D eigenvalue weighted by atomic mass is 16.6. The maximum Gasteiger partial charge on any atom is 0.407 e. The van der Waals surface area contributed by atoms with Crippen LogP contribution >= 0.6 is 0 Å². The molecule has 0 aliphatic heterocycles. The van der Waals surface area contributed by atoms with Crippen LogP contribution in [0, 0.1) is 16.7 Å². The van der Waals surface area contributed by atoms with Gasteiger partial charge in [0.1, 0.15) is 6.10 Å². The van der Waals surface area contributed by atoms with Crippen LogP contribution in [0.2, 0.25) is 0 Å². The molecule has 0 saturated heterocycles. The largest absolute Gasteiger partial charge is 0.446 e. The van der Waals surface area contributed by atoms with E-state index in [0.29, 0.717) is 18.4 Å². The lowest BCUT2D eigenvalue weighted by Crippen LogP contribution is -2.59. The predicted octanol–water partition coefficient (Wildman–Crippen LogP) is 3.21. The molecule has 2 saturated carbocycles. The van der Waals surface area contributed by atoms with Gasteiger partial charge in [-0.2, -0.15) is 5.26 Å². The van der Waals surface area contributed by atoms with Crippen LogP contribution in [0.15, 0.2) is 24.3 Å². The number of ether oxygens (including phenoxy) is 1. The summed E-state index contributed by atoms with van der Waals surface area (Å²) >= 11 is 0. The lowest BCUT2D eigenvalue weighted by molar-refractivity contribution is -0.202. The van der Waals surface area contributed by atoms with Gasteiger partial charge in [-0.3, -0.25) is 0 Å². The number of carbonyl (C=O) groups is 1. The van der Waals surface area contributed by atoms with E-state index < -0.39 is 5.60 Å². The van der Waals surface area contributed by atoms with Gasteiger partial charge in [-0.1, -0.05) is 12.1 Å². The number of hydrogen-bond donors (Lipinski definition) is 2. The molecular formula is C19H24N2O3. The van der Waals surface area contributed by atoms with Crippen molar-refractivity contribution in [1.29, 1.82) is 5.26 Å². The van der Waals surface area contributed by atoms with Crippen LogP contribution < -0.4 is 5.32 Å². The summed E-state index contributed by atoms with van der Waals surface area (Å²) in [7, 11) is 0. The van der Waals surface area contributed by atoms with Crippen molar-refractivity contribution >= 4 is 6.09 Å². The van der Waals surface area contributed by atoms with Gasteiger partial charge in [0.05, 0.1) is 17.2 Å². The van der Waals surface area contributed by atoms with Crippen LogP contribution in [0.4, 0.5) is 4.79 Å². The Bertz CT molecular complexity index is 668. The molecule has 0 bridgehead atoms. The zero-order valence-electron chi connectivity index (χ0n) is 14.4. The Morgan fingerprint density at radius 3 is 2.38 bits per heavy atom. The minimum atomic E-state index is -0.813. The molecule has 0 unspecified atom stereocenters. The van der Waals surface area contributed by atoms with Gasteiger partial charge in [0.15, 0.2) is 0 Å². The number of aliphatic hydroxyl groups is 1. The molecule has 128 valence electrons. The third-order valence-corrected chi connectivity index (χ3v) is 4.96. The first kappa shape index (κ1) is 16.8. The van der Waals surface area contributed by atoms with Gasteiger partial charge in [-0.25, -0.2) is 4.79 Å². The maximum absolute atomic E-state index is 11.8. The first-order valence-corrected chi connectivity index (χ1v) is 8.35. The number of nitriles is 1.